The number of nitrogens with zero attached hydrogens (tertiary/aromatic N) is 2. The number of H-pyrrole nitrogens is 1. The van der Waals surface area contributed by atoms with Gasteiger partial charge in [-0.1, -0.05) is 72.3 Å². The third-order valence-corrected chi connectivity index (χ3v) is 10.8. The standard InChI is InChI=1S/C39H31ClFN3O3S/c40-28-18-26(19-29(41)20-28)23-6-3-8-25(16-23)35(45)37(47)44-15-5-11-33-31(21-44)36(46)43-38(42-33)39(13-14-39)27-9-4-7-24(17-27)32-22-48-34-12-2-1-10-30(32)34/h1-4,6-10,12,16-20,22,35,45H,5,11,13-15,21H2,(H,42,43,46)/t35-/m1/s1. The van der Waals surface area contributed by atoms with Crippen molar-refractivity contribution in [2.24, 2.45) is 0 Å². The summed E-state index contributed by atoms with van der Waals surface area (Å²) in [7, 11) is 0. The van der Waals surface area contributed by atoms with Gasteiger partial charge in [0.05, 0.1) is 23.2 Å². The van der Waals surface area contributed by atoms with E-state index >= 15 is 0 Å². The van der Waals surface area contributed by atoms with E-state index in [-0.39, 0.29) is 22.5 Å². The van der Waals surface area contributed by atoms with Crippen molar-refractivity contribution in [3.8, 4) is 22.3 Å². The van der Waals surface area contributed by atoms with Gasteiger partial charge in [-0.25, -0.2) is 9.37 Å². The number of nitrogens with one attached hydrogen (secondary N) is 1. The number of hydrogen-bond acceptors (Lipinski definition) is 5. The Morgan fingerprint density at radius 3 is 2.62 bits per heavy atom. The number of benzene rings is 4. The zero-order valence-corrected chi connectivity index (χ0v) is 27.5. The first-order valence-corrected chi connectivity index (χ1v) is 17.3. The van der Waals surface area contributed by atoms with Gasteiger partial charge in [0, 0.05) is 27.2 Å². The van der Waals surface area contributed by atoms with E-state index in [0.717, 1.165) is 24.0 Å². The van der Waals surface area contributed by atoms with Gasteiger partial charge in [-0.3, -0.25) is 9.59 Å². The van der Waals surface area contributed by atoms with Crippen molar-refractivity contribution in [3.63, 3.8) is 0 Å². The van der Waals surface area contributed by atoms with Crippen LogP contribution in [0.2, 0.25) is 5.02 Å². The number of aromatic amines is 1. The van der Waals surface area contributed by atoms with E-state index in [2.05, 4.69) is 58.9 Å². The Kier molecular flexibility index (Phi) is 7.74. The molecule has 1 fully saturated rings. The molecule has 1 aliphatic heterocycles. The Balaban J connectivity index is 1.05. The zero-order chi connectivity index (χ0) is 33.0. The summed E-state index contributed by atoms with van der Waals surface area (Å²) in [5.41, 5.74) is 5.57. The van der Waals surface area contributed by atoms with Crippen LogP contribution in [-0.2, 0) is 23.2 Å². The van der Waals surface area contributed by atoms with Gasteiger partial charge in [0.15, 0.2) is 6.10 Å². The highest BCUT2D eigenvalue weighted by molar-refractivity contribution is 7.17. The Hall–Kier alpha value is -4.63. The maximum atomic E-state index is 14.0. The highest BCUT2D eigenvalue weighted by Crippen LogP contribution is 2.53. The maximum absolute atomic E-state index is 14.0. The van der Waals surface area contributed by atoms with Crippen LogP contribution in [-0.4, -0.2) is 32.4 Å². The average molecular weight is 676 g/mol. The Labute approximate surface area is 285 Å². The summed E-state index contributed by atoms with van der Waals surface area (Å²) in [5.74, 6) is -0.303. The smallest absolute Gasteiger partial charge is 0.256 e. The summed E-state index contributed by atoms with van der Waals surface area (Å²) >= 11 is 7.79. The second-order valence-electron chi connectivity index (χ2n) is 12.7. The molecule has 0 spiro atoms. The molecule has 1 aliphatic carbocycles. The number of rotatable bonds is 6. The van der Waals surface area contributed by atoms with Crippen LogP contribution in [0.25, 0.3) is 32.3 Å². The van der Waals surface area contributed by atoms with Gasteiger partial charge in [-0.05, 0) is 89.2 Å². The largest absolute Gasteiger partial charge is 0.378 e. The van der Waals surface area contributed by atoms with Crippen LogP contribution in [0, 0.1) is 5.82 Å². The van der Waals surface area contributed by atoms with Crippen molar-refractivity contribution >= 4 is 38.9 Å². The number of aliphatic hydroxyl groups is 1. The summed E-state index contributed by atoms with van der Waals surface area (Å²) < 4.78 is 15.3. The topological polar surface area (TPSA) is 86.3 Å². The molecule has 2 aliphatic rings. The van der Waals surface area contributed by atoms with E-state index in [9.17, 15) is 19.1 Å². The molecular weight excluding hydrogens is 645 g/mol. The number of amides is 1. The quantitative estimate of drug-likeness (QED) is 0.186. The Morgan fingerprint density at radius 2 is 1.79 bits per heavy atom. The number of thiophene rings is 1. The van der Waals surface area contributed by atoms with E-state index in [1.807, 2.05) is 0 Å². The fourth-order valence-corrected chi connectivity index (χ4v) is 8.13. The second-order valence-corrected chi connectivity index (χ2v) is 14.0. The second kappa shape index (κ2) is 12.1. The van der Waals surface area contributed by atoms with Crippen LogP contribution < -0.4 is 5.56 Å². The summed E-state index contributed by atoms with van der Waals surface area (Å²) in [6.45, 7) is 0.433. The molecule has 1 amide bonds. The monoisotopic (exact) mass is 675 g/mol. The van der Waals surface area contributed by atoms with Gasteiger partial charge in [0.25, 0.3) is 11.5 Å². The number of carbonyl (C=O) groups is 1. The fraction of sp³-hybridized carbons (Fsp3) is 0.205. The van der Waals surface area contributed by atoms with Crippen LogP contribution in [0.3, 0.4) is 0 Å². The lowest BCUT2D eigenvalue weighted by atomic mass is 9.91. The van der Waals surface area contributed by atoms with Gasteiger partial charge in [-0.2, -0.15) is 0 Å². The Bertz CT molecular complexity index is 2260. The number of hydrogen-bond donors (Lipinski definition) is 2. The summed E-state index contributed by atoms with van der Waals surface area (Å²) in [6.07, 6.45) is 1.49. The van der Waals surface area contributed by atoms with Crippen molar-refractivity contribution in [3.05, 3.63) is 146 Å². The van der Waals surface area contributed by atoms with Crippen molar-refractivity contribution in [1.82, 2.24) is 14.9 Å². The number of halogens is 2. The van der Waals surface area contributed by atoms with E-state index in [0.29, 0.717) is 53.2 Å². The van der Waals surface area contributed by atoms with E-state index < -0.39 is 17.8 Å². The van der Waals surface area contributed by atoms with Gasteiger partial charge < -0.3 is 15.0 Å². The minimum Gasteiger partial charge on any atom is -0.378 e. The molecule has 4 aromatic carbocycles. The van der Waals surface area contributed by atoms with Crippen LogP contribution in [0.4, 0.5) is 4.39 Å². The molecule has 1 atom stereocenters. The molecule has 0 bridgehead atoms. The average Bonchev–Trinajstić information content (AvgIpc) is 3.85. The van der Waals surface area contributed by atoms with Gasteiger partial charge in [0.1, 0.15) is 11.6 Å². The van der Waals surface area contributed by atoms with Crippen LogP contribution >= 0.6 is 22.9 Å². The molecule has 0 unspecified atom stereocenters. The van der Waals surface area contributed by atoms with Crippen LogP contribution in [0.15, 0.2) is 101 Å². The van der Waals surface area contributed by atoms with E-state index in [1.54, 1.807) is 41.7 Å². The molecule has 48 heavy (non-hydrogen) atoms. The lowest BCUT2D eigenvalue weighted by Gasteiger charge is -2.24. The number of aliphatic hydroxyl groups excluding tert-OH is 1. The van der Waals surface area contributed by atoms with Crippen molar-refractivity contribution in [1.29, 1.82) is 0 Å². The first-order chi connectivity index (χ1) is 23.3. The third kappa shape index (κ3) is 5.53. The highest BCUT2D eigenvalue weighted by atomic mass is 35.5. The molecule has 6 aromatic rings. The van der Waals surface area contributed by atoms with E-state index in [4.69, 9.17) is 16.6 Å². The van der Waals surface area contributed by atoms with Crippen molar-refractivity contribution in [2.75, 3.05) is 6.54 Å². The fourth-order valence-electron chi connectivity index (χ4n) is 6.93. The lowest BCUT2D eigenvalue weighted by Crippen LogP contribution is -2.36. The normalized spacial score (nSPS) is 15.9. The molecule has 1 saturated carbocycles. The molecule has 3 heterocycles. The summed E-state index contributed by atoms with van der Waals surface area (Å²) in [4.78, 5) is 37.0. The third-order valence-electron chi connectivity index (χ3n) is 9.65. The molecule has 2 aromatic heterocycles. The molecule has 240 valence electrons. The minimum atomic E-state index is -1.45. The number of aromatic nitrogens is 2. The zero-order valence-electron chi connectivity index (χ0n) is 25.9. The highest BCUT2D eigenvalue weighted by Gasteiger charge is 2.49. The van der Waals surface area contributed by atoms with Crippen molar-refractivity contribution in [2.45, 2.75) is 43.7 Å². The summed E-state index contributed by atoms with van der Waals surface area (Å²) in [5, 5.41) is 14.9. The molecular formula is C39H31ClFN3O3S. The van der Waals surface area contributed by atoms with E-state index in [1.165, 1.54) is 32.7 Å². The molecule has 2 N–H and O–H groups in total. The molecule has 0 radical (unpaired) electrons. The number of carbonyl (C=O) groups excluding carboxylic acids is 1. The first kappa shape index (κ1) is 30.7. The van der Waals surface area contributed by atoms with Crippen molar-refractivity contribution < 1.29 is 14.3 Å². The van der Waals surface area contributed by atoms with Crippen LogP contribution in [0.1, 0.15) is 53.6 Å². The Morgan fingerprint density at radius 1 is 0.979 bits per heavy atom. The van der Waals surface area contributed by atoms with Gasteiger partial charge in [0.2, 0.25) is 0 Å². The van der Waals surface area contributed by atoms with Gasteiger partial charge >= 0.3 is 0 Å². The molecule has 9 heteroatoms. The predicted octanol–water partition coefficient (Wildman–Crippen LogP) is 8.20. The lowest BCUT2D eigenvalue weighted by molar-refractivity contribution is -0.141. The number of fused-ring (bicyclic) bond motifs is 2. The van der Waals surface area contributed by atoms with Crippen LogP contribution in [0.5, 0.6) is 0 Å². The number of aryl methyl sites for hydroxylation is 1. The first-order valence-electron chi connectivity index (χ1n) is 16.0. The van der Waals surface area contributed by atoms with Gasteiger partial charge in [-0.15, -0.1) is 11.3 Å². The summed E-state index contributed by atoms with van der Waals surface area (Å²) in [6, 6.07) is 28.0. The molecule has 8 rings (SSSR count). The molecule has 0 saturated heterocycles. The minimum absolute atomic E-state index is 0.0563. The molecule has 6 nitrogen and oxygen atoms in total. The SMILES string of the molecule is O=C([C@H](O)c1cccc(-c2cc(F)cc(Cl)c2)c1)N1CCCc2nc(C3(c4cccc(-c5csc6ccccc56)c4)CC3)[nH]c(=O)c2C1. The predicted molar refractivity (Wildman–Crippen MR) is 188 cm³/mol. The maximum Gasteiger partial charge on any atom is 0.256 e.